The van der Waals surface area contributed by atoms with Gasteiger partial charge < -0.3 is 10.5 Å². The molecule has 1 heterocycles. The SMILES string of the molecule is CCCc1nc(N)nc(C2(OCC)CCCCC2)n1. The smallest absolute Gasteiger partial charge is 0.223 e. The average molecular weight is 264 g/mol. The summed E-state index contributed by atoms with van der Waals surface area (Å²) in [6, 6.07) is 0. The van der Waals surface area contributed by atoms with Gasteiger partial charge in [0, 0.05) is 13.0 Å². The number of hydrogen-bond acceptors (Lipinski definition) is 5. The third-order valence-corrected chi connectivity index (χ3v) is 3.66. The molecule has 5 heteroatoms. The molecule has 1 aliphatic rings. The standard InChI is InChI=1S/C14H24N4O/c1-3-8-11-16-12(18-13(15)17-11)14(19-4-2)9-6-5-7-10-14/h3-10H2,1-2H3,(H2,15,16,17,18). The fourth-order valence-electron chi connectivity index (χ4n) is 2.81. The minimum Gasteiger partial charge on any atom is -0.368 e. The molecule has 1 saturated carbocycles. The number of rotatable bonds is 5. The van der Waals surface area contributed by atoms with Crippen molar-refractivity contribution in [3.63, 3.8) is 0 Å². The Morgan fingerprint density at radius 2 is 1.84 bits per heavy atom. The predicted molar refractivity (Wildman–Crippen MR) is 74.6 cm³/mol. The van der Waals surface area contributed by atoms with Gasteiger partial charge in [-0.25, -0.2) is 4.98 Å². The van der Waals surface area contributed by atoms with E-state index >= 15 is 0 Å². The van der Waals surface area contributed by atoms with Crippen molar-refractivity contribution in [2.75, 3.05) is 12.3 Å². The van der Waals surface area contributed by atoms with Crippen LogP contribution in [0.4, 0.5) is 5.95 Å². The first kappa shape index (κ1) is 14.2. The third-order valence-electron chi connectivity index (χ3n) is 3.66. The molecule has 0 aliphatic heterocycles. The Bertz CT molecular complexity index is 410. The summed E-state index contributed by atoms with van der Waals surface area (Å²) in [6.07, 6.45) is 7.39. The Balaban J connectivity index is 2.34. The maximum atomic E-state index is 6.04. The molecule has 0 spiro atoms. The molecular formula is C14H24N4O. The first-order chi connectivity index (χ1) is 9.20. The topological polar surface area (TPSA) is 73.9 Å². The summed E-state index contributed by atoms with van der Waals surface area (Å²) in [7, 11) is 0. The van der Waals surface area contributed by atoms with Crippen LogP contribution in [0.3, 0.4) is 0 Å². The van der Waals surface area contributed by atoms with Gasteiger partial charge in [0.15, 0.2) is 5.82 Å². The van der Waals surface area contributed by atoms with E-state index in [0.29, 0.717) is 12.6 Å². The van der Waals surface area contributed by atoms with Crippen molar-refractivity contribution >= 4 is 5.95 Å². The molecule has 0 aromatic carbocycles. The fraction of sp³-hybridized carbons (Fsp3) is 0.786. The van der Waals surface area contributed by atoms with E-state index in [4.69, 9.17) is 10.5 Å². The van der Waals surface area contributed by atoms with Gasteiger partial charge in [-0.3, -0.25) is 0 Å². The van der Waals surface area contributed by atoms with Crippen molar-refractivity contribution in [3.8, 4) is 0 Å². The predicted octanol–water partition coefficient (Wildman–Crippen LogP) is 2.60. The second-order valence-electron chi connectivity index (χ2n) is 5.17. The van der Waals surface area contributed by atoms with E-state index in [0.717, 1.165) is 50.2 Å². The lowest BCUT2D eigenvalue weighted by atomic mass is 9.84. The minimum atomic E-state index is -0.341. The van der Waals surface area contributed by atoms with Crippen LogP contribution in [-0.2, 0) is 16.8 Å². The fourth-order valence-corrected chi connectivity index (χ4v) is 2.81. The summed E-state index contributed by atoms with van der Waals surface area (Å²) in [5.74, 6) is 1.85. The minimum absolute atomic E-state index is 0.318. The van der Waals surface area contributed by atoms with Gasteiger partial charge in [-0.2, -0.15) is 9.97 Å². The van der Waals surface area contributed by atoms with Crippen LogP contribution in [0.25, 0.3) is 0 Å². The van der Waals surface area contributed by atoms with Crippen molar-refractivity contribution in [3.05, 3.63) is 11.6 Å². The highest BCUT2D eigenvalue weighted by Crippen LogP contribution is 2.38. The van der Waals surface area contributed by atoms with E-state index in [9.17, 15) is 0 Å². The van der Waals surface area contributed by atoms with Crippen LogP contribution in [0.2, 0.25) is 0 Å². The Morgan fingerprint density at radius 3 is 2.47 bits per heavy atom. The molecule has 2 N–H and O–H groups in total. The molecule has 0 saturated heterocycles. The molecule has 106 valence electrons. The number of anilines is 1. The average Bonchev–Trinajstić information content (AvgIpc) is 2.40. The Morgan fingerprint density at radius 1 is 1.11 bits per heavy atom. The molecule has 0 bridgehead atoms. The maximum Gasteiger partial charge on any atom is 0.223 e. The molecular weight excluding hydrogens is 240 g/mol. The third kappa shape index (κ3) is 3.21. The van der Waals surface area contributed by atoms with Gasteiger partial charge in [-0.1, -0.05) is 26.2 Å². The zero-order chi connectivity index (χ0) is 13.7. The lowest BCUT2D eigenvalue weighted by Crippen LogP contribution is -2.35. The quantitative estimate of drug-likeness (QED) is 0.884. The van der Waals surface area contributed by atoms with Crippen LogP contribution in [0.5, 0.6) is 0 Å². The van der Waals surface area contributed by atoms with Gasteiger partial charge in [0.1, 0.15) is 11.4 Å². The Hall–Kier alpha value is -1.23. The van der Waals surface area contributed by atoms with Crippen molar-refractivity contribution in [2.45, 2.75) is 64.4 Å². The largest absolute Gasteiger partial charge is 0.368 e. The van der Waals surface area contributed by atoms with Crippen LogP contribution in [0.15, 0.2) is 0 Å². The second-order valence-corrected chi connectivity index (χ2v) is 5.17. The monoisotopic (exact) mass is 264 g/mol. The van der Waals surface area contributed by atoms with E-state index in [1.807, 2.05) is 6.92 Å². The van der Waals surface area contributed by atoms with Gasteiger partial charge in [0.25, 0.3) is 0 Å². The Labute approximate surface area is 115 Å². The van der Waals surface area contributed by atoms with Gasteiger partial charge in [0.05, 0.1) is 0 Å². The van der Waals surface area contributed by atoms with Gasteiger partial charge in [-0.05, 0) is 26.2 Å². The zero-order valence-electron chi connectivity index (χ0n) is 12.0. The number of ether oxygens (including phenoxy) is 1. The van der Waals surface area contributed by atoms with Gasteiger partial charge >= 0.3 is 0 Å². The highest BCUT2D eigenvalue weighted by molar-refractivity contribution is 5.19. The van der Waals surface area contributed by atoms with Crippen LogP contribution < -0.4 is 5.73 Å². The number of nitrogens with zero attached hydrogens (tertiary/aromatic N) is 3. The summed E-state index contributed by atoms with van der Waals surface area (Å²) in [4.78, 5) is 13.2. The summed E-state index contributed by atoms with van der Waals surface area (Å²) in [5, 5.41) is 0. The normalized spacial score (nSPS) is 18.4. The van der Waals surface area contributed by atoms with Crippen molar-refractivity contribution < 1.29 is 4.74 Å². The highest BCUT2D eigenvalue weighted by atomic mass is 16.5. The van der Waals surface area contributed by atoms with E-state index in [1.165, 1.54) is 6.42 Å². The molecule has 0 radical (unpaired) electrons. The van der Waals surface area contributed by atoms with Crippen LogP contribution in [0, 0.1) is 0 Å². The number of aryl methyl sites for hydroxylation is 1. The molecule has 0 atom stereocenters. The Kier molecular flexibility index (Phi) is 4.69. The molecule has 5 nitrogen and oxygen atoms in total. The molecule has 1 aromatic rings. The summed E-state index contributed by atoms with van der Waals surface area (Å²) in [5.41, 5.74) is 5.49. The highest BCUT2D eigenvalue weighted by Gasteiger charge is 2.38. The van der Waals surface area contributed by atoms with Crippen LogP contribution in [0.1, 0.15) is 64.0 Å². The second kappa shape index (κ2) is 6.28. The van der Waals surface area contributed by atoms with Crippen LogP contribution >= 0.6 is 0 Å². The molecule has 0 unspecified atom stereocenters. The molecule has 1 aromatic heterocycles. The number of nitrogens with two attached hydrogens (primary N) is 1. The number of hydrogen-bond donors (Lipinski definition) is 1. The first-order valence-corrected chi connectivity index (χ1v) is 7.35. The van der Waals surface area contributed by atoms with Crippen LogP contribution in [-0.4, -0.2) is 21.6 Å². The first-order valence-electron chi connectivity index (χ1n) is 7.35. The lowest BCUT2D eigenvalue weighted by molar-refractivity contribution is -0.0768. The summed E-state index contributed by atoms with van der Waals surface area (Å²) < 4.78 is 6.04. The zero-order valence-corrected chi connectivity index (χ0v) is 12.0. The molecule has 1 fully saturated rings. The van der Waals surface area contributed by atoms with Gasteiger partial charge in [0.2, 0.25) is 5.95 Å². The van der Waals surface area contributed by atoms with Crippen molar-refractivity contribution in [1.82, 2.24) is 15.0 Å². The number of nitrogen functional groups attached to an aromatic ring is 1. The number of aromatic nitrogens is 3. The molecule has 19 heavy (non-hydrogen) atoms. The van der Waals surface area contributed by atoms with E-state index in [2.05, 4.69) is 21.9 Å². The van der Waals surface area contributed by atoms with E-state index in [-0.39, 0.29) is 5.60 Å². The van der Waals surface area contributed by atoms with E-state index < -0.39 is 0 Å². The summed E-state index contributed by atoms with van der Waals surface area (Å²) in [6.45, 7) is 4.81. The molecule has 2 rings (SSSR count). The lowest BCUT2D eigenvalue weighted by Gasteiger charge is -2.35. The van der Waals surface area contributed by atoms with Crippen molar-refractivity contribution in [2.24, 2.45) is 0 Å². The summed E-state index contributed by atoms with van der Waals surface area (Å²) >= 11 is 0. The molecule has 0 amide bonds. The van der Waals surface area contributed by atoms with E-state index in [1.54, 1.807) is 0 Å². The van der Waals surface area contributed by atoms with Crippen molar-refractivity contribution in [1.29, 1.82) is 0 Å². The van der Waals surface area contributed by atoms with Gasteiger partial charge in [-0.15, -0.1) is 0 Å². The molecule has 1 aliphatic carbocycles. The maximum absolute atomic E-state index is 6.04.